The molecule has 0 saturated carbocycles. The van der Waals surface area contributed by atoms with E-state index in [2.05, 4.69) is 6.07 Å². The topological polar surface area (TPSA) is 35.2 Å². The molecule has 0 fully saturated rings. The van der Waals surface area contributed by atoms with E-state index >= 15 is 0 Å². The number of nitrogens with two attached hydrogens (primary N) is 1. The van der Waals surface area contributed by atoms with Gasteiger partial charge in [-0.2, -0.15) is 0 Å². The summed E-state index contributed by atoms with van der Waals surface area (Å²) >= 11 is 12.5. The minimum Gasteiger partial charge on any atom is -0.493 e. The van der Waals surface area contributed by atoms with Gasteiger partial charge in [0.2, 0.25) is 0 Å². The molecule has 20 heavy (non-hydrogen) atoms. The molecule has 2 aromatic carbocycles. The van der Waals surface area contributed by atoms with Crippen molar-refractivity contribution >= 4 is 23.2 Å². The Hall–Kier alpha value is -1.22. The van der Waals surface area contributed by atoms with Crippen LogP contribution in [0.5, 0.6) is 5.75 Å². The second-order valence-electron chi connectivity index (χ2n) is 4.93. The lowest BCUT2D eigenvalue weighted by atomic mass is 9.95. The van der Waals surface area contributed by atoms with E-state index in [9.17, 15) is 0 Å². The van der Waals surface area contributed by atoms with Gasteiger partial charge in [0.25, 0.3) is 0 Å². The van der Waals surface area contributed by atoms with Crippen molar-refractivity contribution in [1.82, 2.24) is 0 Å². The quantitative estimate of drug-likeness (QED) is 0.894. The lowest BCUT2D eigenvalue weighted by Crippen LogP contribution is -2.15. The highest BCUT2D eigenvalue weighted by molar-refractivity contribution is 6.36. The molecule has 0 radical (unpaired) electrons. The number of benzene rings is 2. The zero-order chi connectivity index (χ0) is 14.1. The first-order valence-corrected chi connectivity index (χ1v) is 7.37. The van der Waals surface area contributed by atoms with Gasteiger partial charge in [-0.05, 0) is 42.2 Å². The van der Waals surface area contributed by atoms with Crippen molar-refractivity contribution in [3.05, 3.63) is 63.1 Å². The van der Waals surface area contributed by atoms with Gasteiger partial charge in [-0.1, -0.05) is 41.4 Å². The van der Waals surface area contributed by atoms with Gasteiger partial charge in [-0.3, -0.25) is 0 Å². The number of hydrogen-bond acceptors (Lipinski definition) is 2. The van der Waals surface area contributed by atoms with Crippen molar-refractivity contribution in [2.75, 3.05) is 6.61 Å². The molecule has 1 unspecified atom stereocenters. The molecule has 1 aliphatic rings. The molecule has 0 aromatic heterocycles. The number of hydrogen-bond donors (Lipinski definition) is 1. The Labute approximate surface area is 128 Å². The van der Waals surface area contributed by atoms with Crippen molar-refractivity contribution < 1.29 is 4.74 Å². The molecule has 0 saturated heterocycles. The highest BCUT2D eigenvalue weighted by Gasteiger charge is 2.18. The van der Waals surface area contributed by atoms with E-state index in [1.807, 2.05) is 30.3 Å². The van der Waals surface area contributed by atoms with Gasteiger partial charge in [0, 0.05) is 15.6 Å². The lowest BCUT2D eigenvalue weighted by Gasteiger charge is -2.21. The van der Waals surface area contributed by atoms with Crippen LogP contribution in [0.1, 0.15) is 29.2 Å². The zero-order valence-electron chi connectivity index (χ0n) is 10.9. The Morgan fingerprint density at radius 2 is 1.85 bits per heavy atom. The van der Waals surface area contributed by atoms with Crippen LogP contribution in [0.2, 0.25) is 10.0 Å². The van der Waals surface area contributed by atoms with Crippen molar-refractivity contribution in [3.63, 3.8) is 0 Å². The highest BCUT2D eigenvalue weighted by atomic mass is 35.5. The largest absolute Gasteiger partial charge is 0.493 e. The van der Waals surface area contributed by atoms with Crippen LogP contribution in [0, 0.1) is 0 Å². The molecular weight excluding hydrogens is 293 g/mol. The first-order chi connectivity index (χ1) is 9.66. The summed E-state index contributed by atoms with van der Waals surface area (Å²) in [7, 11) is 0. The van der Waals surface area contributed by atoms with Gasteiger partial charge in [0.15, 0.2) is 0 Å². The zero-order valence-corrected chi connectivity index (χ0v) is 12.4. The van der Waals surface area contributed by atoms with Crippen LogP contribution in [0.3, 0.4) is 0 Å². The summed E-state index contributed by atoms with van der Waals surface area (Å²) in [4.78, 5) is 0. The maximum Gasteiger partial charge on any atom is 0.122 e. The Balaban J connectivity index is 2.00. The molecule has 2 N–H and O–H groups in total. The Morgan fingerprint density at radius 1 is 1.10 bits per heavy atom. The second-order valence-corrected chi connectivity index (χ2v) is 5.75. The van der Waals surface area contributed by atoms with Gasteiger partial charge in [0.1, 0.15) is 5.75 Å². The van der Waals surface area contributed by atoms with E-state index in [4.69, 9.17) is 33.7 Å². The molecule has 3 rings (SSSR count). The standard InChI is InChI=1S/C16H15Cl2NO/c17-12-4-1-5-13(18)15(12)16(19)11-6-7-14-10(9-11)3-2-8-20-14/h1,4-7,9,16H,2-3,8,19H2. The van der Waals surface area contributed by atoms with Crippen LogP contribution < -0.4 is 10.5 Å². The summed E-state index contributed by atoms with van der Waals surface area (Å²) in [6, 6.07) is 11.2. The van der Waals surface area contributed by atoms with E-state index in [1.165, 1.54) is 5.56 Å². The van der Waals surface area contributed by atoms with Crippen molar-refractivity contribution in [2.45, 2.75) is 18.9 Å². The fourth-order valence-corrected chi connectivity index (χ4v) is 3.18. The van der Waals surface area contributed by atoms with Crippen LogP contribution in [0.15, 0.2) is 36.4 Å². The van der Waals surface area contributed by atoms with E-state index in [0.717, 1.165) is 36.3 Å². The van der Waals surface area contributed by atoms with E-state index in [0.29, 0.717) is 10.0 Å². The Bertz CT molecular complexity index is 622. The van der Waals surface area contributed by atoms with Gasteiger partial charge >= 0.3 is 0 Å². The summed E-state index contributed by atoms with van der Waals surface area (Å²) in [5.74, 6) is 0.956. The average molecular weight is 308 g/mol. The van der Waals surface area contributed by atoms with Gasteiger partial charge in [0.05, 0.1) is 12.6 Å². The van der Waals surface area contributed by atoms with Gasteiger partial charge < -0.3 is 10.5 Å². The van der Waals surface area contributed by atoms with Gasteiger partial charge in [-0.25, -0.2) is 0 Å². The molecule has 1 aliphatic heterocycles. The Morgan fingerprint density at radius 3 is 2.60 bits per heavy atom. The molecule has 0 spiro atoms. The Kier molecular flexibility index (Phi) is 3.88. The lowest BCUT2D eigenvalue weighted by molar-refractivity contribution is 0.288. The fourth-order valence-electron chi connectivity index (χ4n) is 2.55. The smallest absolute Gasteiger partial charge is 0.122 e. The van der Waals surface area contributed by atoms with Crippen LogP contribution in [0.4, 0.5) is 0 Å². The third-order valence-corrected chi connectivity index (χ3v) is 4.26. The maximum atomic E-state index is 6.34. The predicted molar refractivity (Wildman–Crippen MR) is 82.8 cm³/mol. The van der Waals surface area contributed by atoms with Crippen LogP contribution in [-0.2, 0) is 6.42 Å². The maximum absolute atomic E-state index is 6.34. The summed E-state index contributed by atoms with van der Waals surface area (Å²) < 4.78 is 5.62. The molecule has 1 atom stereocenters. The number of halogens is 2. The second kappa shape index (κ2) is 5.65. The van der Waals surface area contributed by atoms with E-state index < -0.39 is 0 Å². The minimum absolute atomic E-state index is 0.330. The molecule has 2 aromatic rings. The third kappa shape index (κ3) is 2.51. The molecule has 104 valence electrons. The van der Waals surface area contributed by atoms with E-state index in [-0.39, 0.29) is 6.04 Å². The van der Waals surface area contributed by atoms with E-state index in [1.54, 1.807) is 0 Å². The molecule has 0 aliphatic carbocycles. The first kappa shape index (κ1) is 13.7. The van der Waals surface area contributed by atoms with Crippen molar-refractivity contribution in [3.8, 4) is 5.75 Å². The average Bonchev–Trinajstić information content (AvgIpc) is 2.46. The van der Waals surface area contributed by atoms with Crippen LogP contribution in [-0.4, -0.2) is 6.61 Å². The third-order valence-electron chi connectivity index (χ3n) is 3.60. The van der Waals surface area contributed by atoms with Crippen LogP contribution in [0.25, 0.3) is 0 Å². The molecule has 4 heteroatoms. The van der Waals surface area contributed by atoms with Crippen molar-refractivity contribution in [2.24, 2.45) is 5.73 Å². The summed E-state index contributed by atoms with van der Waals surface area (Å²) in [6.07, 6.45) is 2.06. The summed E-state index contributed by atoms with van der Waals surface area (Å²) in [5, 5.41) is 1.19. The predicted octanol–water partition coefficient (Wildman–Crippen LogP) is 4.37. The molecule has 1 heterocycles. The number of fused-ring (bicyclic) bond motifs is 1. The summed E-state index contributed by atoms with van der Waals surface area (Å²) in [5.41, 5.74) is 9.32. The first-order valence-electron chi connectivity index (χ1n) is 6.62. The monoisotopic (exact) mass is 307 g/mol. The van der Waals surface area contributed by atoms with Crippen LogP contribution >= 0.6 is 23.2 Å². The SMILES string of the molecule is NC(c1ccc2c(c1)CCCO2)c1c(Cl)cccc1Cl. The number of rotatable bonds is 2. The molecular formula is C16H15Cl2NO. The highest BCUT2D eigenvalue weighted by Crippen LogP contribution is 2.35. The molecule has 0 bridgehead atoms. The molecule has 2 nitrogen and oxygen atoms in total. The number of aryl methyl sites for hydroxylation is 1. The number of ether oxygens (including phenoxy) is 1. The van der Waals surface area contributed by atoms with Gasteiger partial charge in [-0.15, -0.1) is 0 Å². The minimum atomic E-state index is -0.330. The normalized spacial score (nSPS) is 15.3. The van der Waals surface area contributed by atoms with Crippen molar-refractivity contribution in [1.29, 1.82) is 0 Å². The summed E-state index contributed by atoms with van der Waals surface area (Å²) in [6.45, 7) is 0.786. The fraction of sp³-hybridized carbons (Fsp3) is 0.250. The molecule has 0 amide bonds.